The summed E-state index contributed by atoms with van der Waals surface area (Å²) in [6.07, 6.45) is 2.37. The maximum atomic E-state index is 13.6. The predicted molar refractivity (Wildman–Crippen MR) is 146 cm³/mol. The Morgan fingerprint density at radius 1 is 1.13 bits per heavy atom. The molecular formula is C26H32ClFN6O3S. The van der Waals surface area contributed by atoms with Crippen LogP contribution in [0.15, 0.2) is 24.3 Å². The largest absolute Gasteiger partial charge is 0.351 e. The first-order valence-corrected chi connectivity index (χ1v) is 13.3. The number of H-pyrrole nitrogens is 1. The molecule has 0 saturated heterocycles. The smallest absolute Gasteiger partial charge is 0.280 e. The summed E-state index contributed by atoms with van der Waals surface area (Å²) < 4.78 is 13.6. The van der Waals surface area contributed by atoms with Crippen LogP contribution in [-0.4, -0.2) is 77.3 Å². The van der Waals surface area contributed by atoms with E-state index in [1.807, 2.05) is 7.05 Å². The van der Waals surface area contributed by atoms with Gasteiger partial charge in [0.2, 0.25) is 5.91 Å². The number of benzene rings is 1. The van der Waals surface area contributed by atoms with Gasteiger partial charge in [0, 0.05) is 61.3 Å². The van der Waals surface area contributed by atoms with Crippen molar-refractivity contribution in [1.29, 1.82) is 0 Å². The van der Waals surface area contributed by atoms with Crippen molar-refractivity contribution >= 4 is 52.4 Å². The molecule has 2 aromatic heterocycles. The van der Waals surface area contributed by atoms with E-state index >= 15 is 0 Å². The SMILES string of the molecule is CN1CCc2nc(C(=O)N[C@@H]3C[C@@H](C(=O)N(C)C)CC[C@@H]3NC(=O)c3cc4cc(F)ccc4[nH]3)sc2C1.Cl. The highest BCUT2D eigenvalue weighted by molar-refractivity contribution is 7.13. The van der Waals surface area contributed by atoms with Crippen LogP contribution in [0.5, 0.6) is 0 Å². The van der Waals surface area contributed by atoms with Gasteiger partial charge in [-0.2, -0.15) is 0 Å². The number of aromatic nitrogens is 2. The van der Waals surface area contributed by atoms with Crippen LogP contribution < -0.4 is 10.6 Å². The van der Waals surface area contributed by atoms with Crippen LogP contribution >= 0.6 is 23.7 Å². The van der Waals surface area contributed by atoms with Gasteiger partial charge in [0.25, 0.3) is 11.8 Å². The Morgan fingerprint density at radius 3 is 2.66 bits per heavy atom. The first-order chi connectivity index (χ1) is 17.7. The van der Waals surface area contributed by atoms with Gasteiger partial charge in [0.15, 0.2) is 5.01 Å². The van der Waals surface area contributed by atoms with E-state index in [4.69, 9.17) is 0 Å². The van der Waals surface area contributed by atoms with Gasteiger partial charge in [-0.25, -0.2) is 9.37 Å². The van der Waals surface area contributed by atoms with Crippen molar-refractivity contribution in [2.75, 3.05) is 27.7 Å². The molecule has 1 aromatic carbocycles. The molecule has 12 heteroatoms. The quantitative estimate of drug-likeness (QED) is 0.443. The molecule has 9 nitrogen and oxygen atoms in total. The summed E-state index contributed by atoms with van der Waals surface area (Å²) in [4.78, 5) is 51.6. The molecule has 3 atom stereocenters. The lowest BCUT2D eigenvalue weighted by molar-refractivity contribution is -0.134. The van der Waals surface area contributed by atoms with Crippen LogP contribution in [-0.2, 0) is 17.8 Å². The van der Waals surface area contributed by atoms with Crippen molar-refractivity contribution in [3.05, 3.63) is 51.4 Å². The van der Waals surface area contributed by atoms with Gasteiger partial charge in [0.1, 0.15) is 11.5 Å². The molecule has 2 aliphatic rings. The molecule has 5 rings (SSSR count). The van der Waals surface area contributed by atoms with Crippen LogP contribution in [0.3, 0.4) is 0 Å². The molecule has 3 N–H and O–H groups in total. The van der Waals surface area contributed by atoms with Crippen molar-refractivity contribution < 1.29 is 18.8 Å². The predicted octanol–water partition coefficient (Wildman–Crippen LogP) is 2.96. The monoisotopic (exact) mass is 562 g/mol. The molecule has 0 spiro atoms. The first kappa shape index (κ1) is 28.0. The summed E-state index contributed by atoms with van der Waals surface area (Å²) >= 11 is 1.40. The average molecular weight is 563 g/mol. The van der Waals surface area contributed by atoms with E-state index in [1.54, 1.807) is 31.1 Å². The molecule has 1 aliphatic heterocycles. The molecule has 1 fully saturated rings. The molecule has 3 amide bonds. The number of nitrogens with zero attached hydrogens (tertiary/aromatic N) is 3. The normalized spacial score (nSPS) is 21.3. The highest BCUT2D eigenvalue weighted by Crippen LogP contribution is 2.29. The fourth-order valence-electron chi connectivity index (χ4n) is 5.21. The van der Waals surface area contributed by atoms with Crippen molar-refractivity contribution in [3.8, 4) is 0 Å². The molecule has 3 aromatic rings. The number of carbonyl (C=O) groups excluding carboxylic acids is 3. The number of halogens is 2. The Balaban J connectivity index is 0.00000336. The third-order valence-electron chi connectivity index (χ3n) is 7.22. The lowest BCUT2D eigenvalue weighted by atomic mass is 9.81. The molecule has 0 unspecified atom stereocenters. The van der Waals surface area contributed by atoms with Gasteiger partial charge < -0.3 is 25.4 Å². The molecule has 204 valence electrons. The summed E-state index contributed by atoms with van der Waals surface area (Å²) in [5, 5.41) is 7.12. The second-order valence-corrected chi connectivity index (χ2v) is 11.3. The number of likely N-dealkylation sites (N-methyl/N-ethyl adjacent to an activating group) is 1. The van der Waals surface area contributed by atoms with Crippen LogP contribution in [0, 0.1) is 11.7 Å². The second kappa shape index (κ2) is 11.4. The molecule has 1 saturated carbocycles. The summed E-state index contributed by atoms with van der Waals surface area (Å²) in [7, 11) is 5.49. The van der Waals surface area contributed by atoms with E-state index < -0.39 is 6.04 Å². The number of hydrogen-bond donors (Lipinski definition) is 3. The average Bonchev–Trinajstić information content (AvgIpc) is 3.48. The zero-order chi connectivity index (χ0) is 26.3. The van der Waals surface area contributed by atoms with Crippen LogP contribution in [0.25, 0.3) is 10.9 Å². The van der Waals surface area contributed by atoms with Gasteiger partial charge in [-0.3, -0.25) is 14.4 Å². The van der Waals surface area contributed by atoms with E-state index in [-0.39, 0.29) is 47.9 Å². The maximum absolute atomic E-state index is 13.6. The number of thiazole rings is 1. The summed E-state index contributed by atoms with van der Waals surface area (Å²) in [5.74, 6) is -1.24. The molecule has 38 heavy (non-hydrogen) atoms. The maximum Gasteiger partial charge on any atom is 0.280 e. The van der Waals surface area contributed by atoms with Gasteiger partial charge in [-0.15, -0.1) is 23.7 Å². The van der Waals surface area contributed by atoms with E-state index in [1.165, 1.54) is 23.5 Å². The van der Waals surface area contributed by atoms with Gasteiger partial charge in [-0.05, 0) is 50.6 Å². The highest BCUT2D eigenvalue weighted by Gasteiger charge is 2.37. The summed E-state index contributed by atoms with van der Waals surface area (Å²) in [6.45, 7) is 1.68. The van der Waals surface area contributed by atoms with Crippen molar-refractivity contribution in [1.82, 2.24) is 30.4 Å². The van der Waals surface area contributed by atoms with Crippen LogP contribution in [0.2, 0.25) is 0 Å². The van der Waals surface area contributed by atoms with E-state index in [9.17, 15) is 18.8 Å². The Labute approximate surface area is 230 Å². The molecular weight excluding hydrogens is 531 g/mol. The van der Waals surface area contributed by atoms with E-state index in [2.05, 4.69) is 25.5 Å². The summed E-state index contributed by atoms with van der Waals surface area (Å²) in [5.41, 5.74) is 1.95. The molecule has 0 radical (unpaired) electrons. The third kappa shape index (κ3) is 5.84. The van der Waals surface area contributed by atoms with Gasteiger partial charge in [-0.1, -0.05) is 0 Å². The zero-order valence-electron chi connectivity index (χ0n) is 21.5. The standard InChI is InChI=1S/C26H31FN6O3S.ClH/c1-32(2)26(36)14-4-6-18(29-23(34)21-12-15-10-16(27)5-7-17(15)28-21)20(11-14)30-24(35)25-31-19-8-9-33(3)13-22(19)37-25;/h5,7,10,12,14,18,20,28H,4,6,8-9,11,13H2,1-3H3,(H,29,34)(H,30,35);1H/t14-,18-,20+;/m0./s1. The molecule has 3 heterocycles. The number of fused-ring (bicyclic) bond motifs is 2. The van der Waals surface area contributed by atoms with Crippen molar-refractivity contribution in [2.24, 2.45) is 5.92 Å². The van der Waals surface area contributed by atoms with Crippen molar-refractivity contribution in [3.63, 3.8) is 0 Å². The highest BCUT2D eigenvalue weighted by atomic mass is 35.5. The Bertz CT molecular complexity index is 1360. The van der Waals surface area contributed by atoms with Crippen LogP contribution in [0.4, 0.5) is 4.39 Å². The topological polar surface area (TPSA) is 110 Å². The zero-order valence-corrected chi connectivity index (χ0v) is 23.2. The van der Waals surface area contributed by atoms with Crippen molar-refractivity contribution in [2.45, 2.75) is 44.3 Å². The fourth-order valence-corrected chi connectivity index (χ4v) is 6.31. The number of amides is 3. The Hall–Kier alpha value is -3.02. The molecule has 0 bridgehead atoms. The minimum Gasteiger partial charge on any atom is -0.351 e. The number of carbonyl (C=O) groups is 3. The van der Waals surface area contributed by atoms with E-state index in [0.29, 0.717) is 40.9 Å². The lowest BCUT2D eigenvalue weighted by Crippen LogP contribution is -2.56. The van der Waals surface area contributed by atoms with E-state index in [0.717, 1.165) is 30.1 Å². The minimum atomic E-state index is -0.440. The second-order valence-electron chi connectivity index (χ2n) is 10.2. The van der Waals surface area contributed by atoms with Gasteiger partial charge >= 0.3 is 0 Å². The van der Waals surface area contributed by atoms with Gasteiger partial charge in [0.05, 0.1) is 11.7 Å². The fraction of sp³-hybridized carbons (Fsp3) is 0.462. The van der Waals surface area contributed by atoms with Crippen LogP contribution in [0.1, 0.15) is 50.1 Å². The lowest BCUT2D eigenvalue weighted by Gasteiger charge is -2.37. The number of aromatic amines is 1. The Kier molecular flexibility index (Phi) is 8.39. The number of hydrogen-bond acceptors (Lipinski definition) is 6. The number of rotatable bonds is 5. The summed E-state index contributed by atoms with van der Waals surface area (Å²) in [6, 6.07) is 5.10. The first-order valence-electron chi connectivity index (χ1n) is 12.5. The Morgan fingerprint density at radius 2 is 1.89 bits per heavy atom. The molecule has 1 aliphatic carbocycles. The third-order valence-corrected chi connectivity index (χ3v) is 8.30. The number of nitrogens with one attached hydrogen (secondary N) is 3. The minimum absolute atomic E-state index is 0.